The fourth-order valence-electron chi connectivity index (χ4n) is 2.39. The highest BCUT2D eigenvalue weighted by Gasteiger charge is 2.21. The number of aromatic nitrogens is 2. The summed E-state index contributed by atoms with van der Waals surface area (Å²) in [6, 6.07) is 6.07. The van der Waals surface area contributed by atoms with Gasteiger partial charge in [0.1, 0.15) is 17.3 Å². The molecule has 0 spiro atoms. The smallest absolute Gasteiger partial charge is 0.274 e. The fraction of sp³-hybridized carbons (Fsp3) is 0.312. The molecule has 1 aliphatic rings. The van der Waals surface area contributed by atoms with Gasteiger partial charge >= 0.3 is 0 Å². The highest BCUT2D eigenvalue weighted by molar-refractivity contribution is 5.92. The minimum atomic E-state index is -0.329. The van der Waals surface area contributed by atoms with Crippen molar-refractivity contribution in [1.29, 1.82) is 0 Å². The zero-order valence-corrected chi connectivity index (χ0v) is 12.9. The Morgan fingerprint density at radius 2 is 1.96 bits per heavy atom. The topological polar surface area (TPSA) is 61.4 Å². The number of piperazine rings is 1. The second-order valence-corrected chi connectivity index (χ2v) is 5.52. The van der Waals surface area contributed by atoms with E-state index >= 15 is 0 Å². The molecule has 1 aromatic carbocycles. The van der Waals surface area contributed by atoms with E-state index in [2.05, 4.69) is 20.2 Å². The minimum Gasteiger partial charge on any atom is -0.339 e. The maximum atomic E-state index is 13.1. The van der Waals surface area contributed by atoms with Crippen LogP contribution in [0.5, 0.6) is 0 Å². The Labute approximate surface area is 134 Å². The van der Waals surface area contributed by atoms with Crippen molar-refractivity contribution in [2.75, 3.05) is 38.5 Å². The molecule has 2 heterocycles. The number of halogens is 1. The van der Waals surface area contributed by atoms with Gasteiger partial charge in [-0.25, -0.2) is 14.4 Å². The number of nitrogens with zero attached hydrogens (tertiary/aromatic N) is 4. The van der Waals surface area contributed by atoms with E-state index < -0.39 is 0 Å². The average molecular weight is 315 g/mol. The Balaban J connectivity index is 1.66. The maximum Gasteiger partial charge on any atom is 0.274 e. The van der Waals surface area contributed by atoms with Gasteiger partial charge in [0.05, 0.1) is 12.4 Å². The van der Waals surface area contributed by atoms with Gasteiger partial charge in [0.25, 0.3) is 5.91 Å². The molecule has 0 aliphatic carbocycles. The summed E-state index contributed by atoms with van der Waals surface area (Å²) in [6.45, 7) is 3.11. The summed E-state index contributed by atoms with van der Waals surface area (Å²) < 4.78 is 13.1. The number of hydrogen-bond acceptors (Lipinski definition) is 5. The number of benzene rings is 1. The number of rotatable bonds is 3. The number of carbonyl (C=O) groups excluding carboxylic acids is 1. The SMILES string of the molecule is CN1CCN(C(=O)c2cnc(Nc3cccc(F)c3)cn2)CC1. The van der Waals surface area contributed by atoms with Crippen LogP contribution in [0.2, 0.25) is 0 Å². The first kappa shape index (κ1) is 15.4. The Morgan fingerprint density at radius 3 is 2.61 bits per heavy atom. The van der Waals surface area contributed by atoms with Gasteiger partial charge in [0, 0.05) is 31.9 Å². The van der Waals surface area contributed by atoms with E-state index in [9.17, 15) is 9.18 Å². The van der Waals surface area contributed by atoms with Gasteiger partial charge in [-0.05, 0) is 25.2 Å². The summed E-state index contributed by atoms with van der Waals surface area (Å²) in [5.41, 5.74) is 0.900. The van der Waals surface area contributed by atoms with E-state index in [-0.39, 0.29) is 11.7 Å². The van der Waals surface area contributed by atoms with Gasteiger partial charge in [-0.3, -0.25) is 4.79 Å². The Hall–Kier alpha value is -2.54. The monoisotopic (exact) mass is 315 g/mol. The molecular formula is C16H18FN5O. The summed E-state index contributed by atoms with van der Waals surface area (Å²) in [5.74, 6) is 0.0262. The van der Waals surface area contributed by atoms with Crippen molar-refractivity contribution in [3.8, 4) is 0 Å². The molecule has 7 heteroatoms. The standard InChI is InChI=1S/C16H18FN5O/c1-21-5-7-22(8-6-21)16(23)14-10-19-15(11-18-14)20-13-4-2-3-12(17)9-13/h2-4,9-11H,5-8H2,1H3,(H,19,20). The molecule has 0 bridgehead atoms. The number of nitrogens with one attached hydrogen (secondary N) is 1. The van der Waals surface area contributed by atoms with Crippen molar-refractivity contribution < 1.29 is 9.18 Å². The molecule has 1 aromatic heterocycles. The maximum absolute atomic E-state index is 13.1. The lowest BCUT2D eigenvalue weighted by Gasteiger charge is -2.32. The summed E-state index contributed by atoms with van der Waals surface area (Å²) in [4.78, 5) is 24.7. The molecule has 1 aliphatic heterocycles. The van der Waals surface area contributed by atoms with Crippen LogP contribution >= 0.6 is 0 Å². The van der Waals surface area contributed by atoms with Crippen molar-refractivity contribution in [1.82, 2.24) is 19.8 Å². The molecule has 2 aromatic rings. The Bertz CT molecular complexity index is 683. The molecule has 0 unspecified atom stereocenters. The van der Waals surface area contributed by atoms with Crippen molar-refractivity contribution in [3.05, 3.63) is 48.2 Å². The quantitative estimate of drug-likeness (QED) is 0.935. The highest BCUT2D eigenvalue weighted by Crippen LogP contribution is 2.15. The first-order valence-electron chi connectivity index (χ1n) is 7.44. The second-order valence-electron chi connectivity index (χ2n) is 5.52. The van der Waals surface area contributed by atoms with Gasteiger partial charge in [-0.2, -0.15) is 0 Å². The van der Waals surface area contributed by atoms with Crippen LogP contribution in [-0.4, -0.2) is 58.9 Å². The van der Waals surface area contributed by atoms with E-state index in [1.54, 1.807) is 17.0 Å². The minimum absolute atomic E-state index is 0.108. The zero-order valence-electron chi connectivity index (χ0n) is 12.9. The molecule has 6 nitrogen and oxygen atoms in total. The van der Waals surface area contributed by atoms with Crippen LogP contribution in [0.25, 0.3) is 0 Å². The van der Waals surface area contributed by atoms with E-state index in [4.69, 9.17) is 0 Å². The molecular weight excluding hydrogens is 297 g/mol. The van der Waals surface area contributed by atoms with Gasteiger partial charge < -0.3 is 15.1 Å². The zero-order chi connectivity index (χ0) is 16.2. The molecule has 1 saturated heterocycles. The van der Waals surface area contributed by atoms with Crippen LogP contribution in [0.4, 0.5) is 15.9 Å². The number of carbonyl (C=O) groups is 1. The van der Waals surface area contributed by atoms with E-state index in [1.165, 1.54) is 24.5 Å². The normalized spacial score (nSPS) is 15.5. The van der Waals surface area contributed by atoms with Gasteiger partial charge in [-0.15, -0.1) is 0 Å². The largest absolute Gasteiger partial charge is 0.339 e. The molecule has 3 rings (SSSR count). The molecule has 0 atom stereocenters. The van der Waals surface area contributed by atoms with Crippen LogP contribution in [-0.2, 0) is 0 Å². The van der Waals surface area contributed by atoms with Gasteiger partial charge in [0.2, 0.25) is 0 Å². The van der Waals surface area contributed by atoms with Crippen LogP contribution in [0, 0.1) is 5.82 Å². The number of amides is 1. The molecule has 0 radical (unpaired) electrons. The van der Waals surface area contributed by atoms with Crippen molar-refractivity contribution in [2.45, 2.75) is 0 Å². The summed E-state index contributed by atoms with van der Waals surface area (Å²) >= 11 is 0. The fourth-order valence-corrected chi connectivity index (χ4v) is 2.39. The highest BCUT2D eigenvalue weighted by atomic mass is 19.1. The molecule has 1 fully saturated rings. The summed E-state index contributed by atoms with van der Waals surface area (Å²) in [7, 11) is 2.04. The first-order chi connectivity index (χ1) is 11.1. The second kappa shape index (κ2) is 6.70. The Kier molecular flexibility index (Phi) is 4.47. The predicted octanol–water partition coefficient (Wildman–Crippen LogP) is 1.75. The lowest BCUT2D eigenvalue weighted by molar-refractivity contribution is 0.0658. The van der Waals surface area contributed by atoms with E-state index in [0.717, 1.165) is 13.1 Å². The van der Waals surface area contributed by atoms with Gasteiger partial charge in [0.15, 0.2) is 0 Å². The first-order valence-corrected chi connectivity index (χ1v) is 7.44. The van der Waals surface area contributed by atoms with E-state index in [1.807, 2.05) is 7.05 Å². The molecule has 1 N–H and O–H groups in total. The van der Waals surface area contributed by atoms with Crippen molar-refractivity contribution >= 4 is 17.4 Å². The summed E-state index contributed by atoms with van der Waals surface area (Å²) in [5, 5.41) is 2.95. The van der Waals surface area contributed by atoms with Gasteiger partial charge in [-0.1, -0.05) is 6.07 Å². The van der Waals surface area contributed by atoms with Crippen molar-refractivity contribution in [3.63, 3.8) is 0 Å². The lowest BCUT2D eigenvalue weighted by Crippen LogP contribution is -2.47. The van der Waals surface area contributed by atoms with Crippen LogP contribution < -0.4 is 5.32 Å². The molecule has 120 valence electrons. The summed E-state index contributed by atoms with van der Waals surface area (Å²) in [6.07, 6.45) is 2.93. The van der Waals surface area contributed by atoms with Crippen LogP contribution in [0.3, 0.4) is 0 Å². The third-order valence-corrected chi connectivity index (χ3v) is 3.76. The predicted molar refractivity (Wildman–Crippen MR) is 85.1 cm³/mol. The average Bonchev–Trinajstić information content (AvgIpc) is 2.56. The Morgan fingerprint density at radius 1 is 1.17 bits per heavy atom. The van der Waals surface area contributed by atoms with Crippen LogP contribution in [0.15, 0.2) is 36.7 Å². The third kappa shape index (κ3) is 3.81. The molecule has 1 amide bonds. The van der Waals surface area contributed by atoms with Crippen molar-refractivity contribution in [2.24, 2.45) is 0 Å². The third-order valence-electron chi connectivity index (χ3n) is 3.76. The number of anilines is 2. The lowest BCUT2D eigenvalue weighted by atomic mass is 10.3. The molecule has 0 saturated carbocycles. The van der Waals surface area contributed by atoms with E-state index in [0.29, 0.717) is 30.3 Å². The van der Waals surface area contributed by atoms with Crippen LogP contribution in [0.1, 0.15) is 10.5 Å². The number of likely N-dealkylation sites (N-methyl/N-ethyl adjacent to an activating group) is 1. The number of hydrogen-bond donors (Lipinski definition) is 1. The molecule has 23 heavy (non-hydrogen) atoms.